The summed E-state index contributed by atoms with van der Waals surface area (Å²) in [5, 5.41) is 23.9. The van der Waals surface area contributed by atoms with E-state index in [0.29, 0.717) is 18.5 Å². The van der Waals surface area contributed by atoms with Gasteiger partial charge in [-0.3, -0.25) is 0 Å². The van der Waals surface area contributed by atoms with E-state index in [1.807, 2.05) is 30.3 Å². The maximum Gasteiger partial charge on any atom is 0.231 e. The van der Waals surface area contributed by atoms with Crippen LogP contribution in [0.3, 0.4) is 0 Å². The fraction of sp³-hybridized carbons (Fsp3) is 0.394. The molecule has 0 spiro atoms. The summed E-state index contributed by atoms with van der Waals surface area (Å²) < 4.78 is 17.2. The van der Waals surface area contributed by atoms with E-state index in [-0.39, 0.29) is 19.1 Å². The quantitative estimate of drug-likeness (QED) is 0.274. The molecule has 3 N–H and O–H groups in total. The maximum absolute atomic E-state index is 10.5. The van der Waals surface area contributed by atoms with Gasteiger partial charge in [-0.05, 0) is 95.8 Å². The lowest BCUT2D eigenvalue weighted by Crippen LogP contribution is -2.38. The zero-order valence-corrected chi connectivity index (χ0v) is 22.3. The topological polar surface area (TPSA) is 80.2 Å². The molecule has 0 saturated heterocycles. The van der Waals surface area contributed by atoms with Gasteiger partial charge in [-0.25, -0.2) is 0 Å². The van der Waals surface area contributed by atoms with Gasteiger partial charge in [0.1, 0.15) is 24.2 Å². The van der Waals surface area contributed by atoms with Gasteiger partial charge in [-0.15, -0.1) is 0 Å². The van der Waals surface area contributed by atoms with Crippen molar-refractivity contribution >= 4 is 11.1 Å². The van der Waals surface area contributed by atoms with Gasteiger partial charge in [-0.2, -0.15) is 0 Å². The molecule has 0 aromatic heterocycles. The number of aromatic hydroxyl groups is 1. The molecule has 39 heavy (non-hydrogen) atoms. The van der Waals surface area contributed by atoms with Crippen LogP contribution in [0.15, 0.2) is 66.7 Å². The first-order chi connectivity index (χ1) is 19.1. The third kappa shape index (κ3) is 6.23. The Hall–Kier alpha value is -3.48. The summed E-state index contributed by atoms with van der Waals surface area (Å²) in [4.78, 5) is 0. The van der Waals surface area contributed by atoms with Crippen molar-refractivity contribution in [3.63, 3.8) is 0 Å². The van der Waals surface area contributed by atoms with Crippen molar-refractivity contribution < 1.29 is 24.4 Å². The summed E-state index contributed by atoms with van der Waals surface area (Å²) in [7, 11) is 0. The molecule has 1 unspecified atom stereocenters. The summed E-state index contributed by atoms with van der Waals surface area (Å²) in [6.45, 7) is 1.06. The highest BCUT2D eigenvalue weighted by molar-refractivity contribution is 6.00. The molecule has 2 aliphatic carbocycles. The molecule has 2 saturated carbocycles. The number of aliphatic hydroxyl groups is 1. The fourth-order valence-electron chi connectivity index (χ4n) is 5.70. The molecule has 6 nitrogen and oxygen atoms in total. The van der Waals surface area contributed by atoms with E-state index in [0.717, 1.165) is 52.4 Å². The van der Waals surface area contributed by atoms with Crippen LogP contribution in [0.1, 0.15) is 61.6 Å². The number of allylic oxidation sites excluding steroid dienone is 1. The Kier molecular flexibility index (Phi) is 7.75. The highest BCUT2D eigenvalue weighted by Gasteiger charge is 2.31. The normalized spacial score (nSPS) is 18.5. The molecular formula is C33H37NO5. The average molecular weight is 528 g/mol. The third-order valence-electron chi connectivity index (χ3n) is 7.93. The van der Waals surface area contributed by atoms with E-state index < -0.39 is 6.10 Å². The zero-order chi connectivity index (χ0) is 26.6. The van der Waals surface area contributed by atoms with Gasteiger partial charge in [0.2, 0.25) is 6.79 Å². The first-order valence-electron chi connectivity index (χ1n) is 14.2. The second-order valence-corrected chi connectivity index (χ2v) is 10.9. The fourth-order valence-corrected chi connectivity index (χ4v) is 5.70. The van der Waals surface area contributed by atoms with Crippen LogP contribution in [0.25, 0.3) is 11.1 Å². The highest BCUT2D eigenvalue weighted by Crippen LogP contribution is 2.49. The Bertz CT molecular complexity index is 1290. The van der Waals surface area contributed by atoms with Crippen molar-refractivity contribution in [2.45, 2.75) is 57.1 Å². The molecule has 3 aromatic rings. The summed E-state index contributed by atoms with van der Waals surface area (Å²) in [5.41, 5.74) is 5.66. The Labute approximate surface area is 230 Å². The van der Waals surface area contributed by atoms with Crippen molar-refractivity contribution in [1.82, 2.24) is 5.32 Å². The van der Waals surface area contributed by atoms with Gasteiger partial charge < -0.3 is 29.7 Å². The summed E-state index contributed by atoms with van der Waals surface area (Å²) in [6.07, 6.45) is 7.98. The van der Waals surface area contributed by atoms with Gasteiger partial charge in [0, 0.05) is 12.6 Å². The molecule has 204 valence electrons. The maximum atomic E-state index is 10.5. The third-order valence-corrected chi connectivity index (χ3v) is 7.93. The van der Waals surface area contributed by atoms with Gasteiger partial charge >= 0.3 is 0 Å². The Morgan fingerprint density at radius 2 is 1.49 bits per heavy atom. The van der Waals surface area contributed by atoms with Crippen molar-refractivity contribution in [2.75, 3.05) is 19.9 Å². The highest BCUT2D eigenvalue weighted by atomic mass is 16.7. The number of hydrogen-bond acceptors (Lipinski definition) is 6. The molecule has 0 amide bonds. The second-order valence-electron chi connectivity index (χ2n) is 10.9. The summed E-state index contributed by atoms with van der Waals surface area (Å²) in [5.74, 6) is 2.98. The zero-order valence-electron chi connectivity index (χ0n) is 22.3. The number of ether oxygens (including phenoxy) is 3. The van der Waals surface area contributed by atoms with Crippen LogP contribution in [0.5, 0.6) is 23.0 Å². The summed E-state index contributed by atoms with van der Waals surface area (Å²) in [6, 6.07) is 22.2. The number of rotatable bonds is 10. The molecule has 1 heterocycles. The first kappa shape index (κ1) is 25.8. The van der Waals surface area contributed by atoms with E-state index in [2.05, 4.69) is 29.6 Å². The minimum Gasteiger partial charge on any atom is -0.508 e. The van der Waals surface area contributed by atoms with Gasteiger partial charge in [0.05, 0.1) is 0 Å². The predicted molar refractivity (Wildman–Crippen MR) is 152 cm³/mol. The lowest BCUT2D eigenvalue weighted by molar-refractivity contribution is 0.102. The molecule has 6 heteroatoms. The largest absolute Gasteiger partial charge is 0.508 e. The second kappa shape index (κ2) is 11.7. The van der Waals surface area contributed by atoms with Crippen molar-refractivity contribution in [3.05, 3.63) is 83.4 Å². The Balaban J connectivity index is 1.24. The first-order valence-corrected chi connectivity index (χ1v) is 14.2. The van der Waals surface area contributed by atoms with E-state index in [4.69, 9.17) is 14.2 Å². The molecule has 1 atom stereocenters. The van der Waals surface area contributed by atoms with Crippen molar-refractivity contribution in [1.29, 1.82) is 0 Å². The SMILES string of the molecule is Oc1ccc(C(=C(c2ccc3c(c2)OCO3)C2CC2)c2ccc(OCC(O)CNC3CCCCC3)cc2)cc1. The number of hydrogen-bond donors (Lipinski definition) is 3. The molecule has 3 aliphatic rings. The van der Waals surface area contributed by atoms with Gasteiger partial charge in [0.25, 0.3) is 0 Å². The molecule has 3 aromatic carbocycles. The number of fused-ring (bicyclic) bond motifs is 1. The number of aliphatic hydroxyl groups excluding tert-OH is 1. The molecule has 1 aliphatic heterocycles. The lowest BCUT2D eigenvalue weighted by Gasteiger charge is -2.24. The van der Waals surface area contributed by atoms with Crippen LogP contribution >= 0.6 is 0 Å². The number of phenolic OH excluding ortho intramolecular Hbond substituents is 1. The smallest absolute Gasteiger partial charge is 0.231 e. The number of benzene rings is 3. The molecule has 2 fully saturated rings. The van der Waals surface area contributed by atoms with Crippen LogP contribution in [0, 0.1) is 5.92 Å². The summed E-state index contributed by atoms with van der Waals surface area (Å²) >= 11 is 0. The average Bonchev–Trinajstić information content (AvgIpc) is 3.70. The van der Waals surface area contributed by atoms with E-state index in [1.165, 1.54) is 37.7 Å². The molecule has 6 rings (SSSR count). The van der Waals surface area contributed by atoms with Crippen LogP contribution in [0.2, 0.25) is 0 Å². The van der Waals surface area contributed by atoms with Gasteiger partial charge in [-0.1, -0.05) is 49.6 Å². The molecular weight excluding hydrogens is 490 g/mol. The predicted octanol–water partition coefficient (Wildman–Crippen LogP) is 6.15. The Morgan fingerprint density at radius 3 is 2.21 bits per heavy atom. The van der Waals surface area contributed by atoms with Crippen molar-refractivity contribution in [2.24, 2.45) is 5.92 Å². The van der Waals surface area contributed by atoms with Crippen LogP contribution < -0.4 is 19.5 Å². The number of nitrogens with one attached hydrogen (secondary N) is 1. The molecule has 0 bridgehead atoms. The van der Waals surface area contributed by atoms with Crippen molar-refractivity contribution in [3.8, 4) is 23.0 Å². The van der Waals surface area contributed by atoms with E-state index in [1.54, 1.807) is 12.1 Å². The van der Waals surface area contributed by atoms with Crippen LogP contribution in [-0.4, -0.2) is 42.3 Å². The van der Waals surface area contributed by atoms with Crippen LogP contribution in [0.4, 0.5) is 0 Å². The monoisotopic (exact) mass is 527 g/mol. The minimum absolute atomic E-state index is 0.245. The minimum atomic E-state index is -0.550. The van der Waals surface area contributed by atoms with Crippen LogP contribution in [-0.2, 0) is 0 Å². The van der Waals surface area contributed by atoms with Gasteiger partial charge in [0.15, 0.2) is 11.5 Å². The van der Waals surface area contributed by atoms with E-state index >= 15 is 0 Å². The number of phenols is 1. The lowest BCUT2D eigenvalue weighted by atomic mass is 9.87. The van der Waals surface area contributed by atoms with E-state index in [9.17, 15) is 10.2 Å². The standard InChI is InChI=1S/C33H37NO5/c35-27-13-8-23(9-14-27)32(33(22-6-7-22)25-12-17-30-31(18-25)39-21-38-30)24-10-15-29(16-11-24)37-20-28(36)19-34-26-4-2-1-3-5-26/h8-18,22,26,28,34-36H,1-7,19-21H2. The Morgan fingerprint density at radius 1 is 0.821 bits per heavy atom. The molecule has 0 radical (unpaired) electrons.